The molecule has 4 nitrogen and oxygen atoms in total. The number of carbonyl (C=O) groups excluding carboxylic acids is 1. The number of imidazole rings is 1. The molecule has 0 saturated carbocycles. The molecule has 0 unspecified atom stereocenters. The fraction of sp³-hybridized carbons (Fsp3) is 0.300. The summed E-state index contributed by atoms with van der Waals surface area (Å²) in [6, 6.07) is 11.9. The quantitative estimate of drug-likeness (QED) is 0.688. The second kappa shape index (κ2) is 7.06. The highest BCUT2D eigenvalue weighted by Crippen LogP contribution is 2.32. The number of carbonyl (C=O) groups is 1. The summed E-state index contributed by atoms with van der Waals surface area (Å²) in [6.45, 7) is 5.38. The lowest BCUT2D eigenvalue weighted by Crippen LogP contribution is -2.24. The Bertz CT molecular complexity index is 990. The molecule has 0 aliphatic carbocycles. The Morgan fingerprint density at radius 1 is 1.15 bits per heavy atom. The van der Waals surface area contributed by atoms with Crippen molar-refractivity contribution in [2.45, 2.75) is 39.4 Å². The van der Waals surface area contributed by atoms with Crippen molar-refractivity contribution in [3.05, 3.63) is 59.4 Å². The van der Waals surface area contributed by atoms with Crippen molar-refractivity contribution in [1.82, 2.24) is 9.55 Å². The molecule has 0 fully saturated rings. The van der Waals surface area contributed by atoms with Crippen molar-refractivity contribution < 1.29 is 18.0 Å². The Kier molecular flexibility index (Phi) is 4.95. The van der Waals surface area contributed by atoms with Gasteiger partial charge in [0.25, 0.3) is 0 Å². The molecule has 7 heteroatoms. The van der Waals surface area contributed by atoms with E-state index in [1.807, 2.05) is 39.0 Å². The van der Waals surface area contributed by atoms with Crippen LogP contribution >= 0.6 is 0 Å². The minimum absolute atomic E-state index is 0.167. The van der Waals surface area contributed by atoms with Gasteiger partial charge in [-0.3, -0.25) is 4.79 Å². The van der Waals surface area contributed by atoms with Crippen LogP contribution in [-0.2, 0) is 17.5 Å². The highest BCUT2D eigenvalue weighted by atomic mass is 19.4. The fourth-order valence-electron chi connectivity index (χ4n) is 3.12. The summed E-state index contributed by atoms with van der Waals surface area (Å²) in [5.41, 5.74) is 2.93. The van der Waals surface area contributed by atoms with E-state index in [-0.39, 0.29) is 17.0 Å². The zero-order chi connectivity index (χ0) is 19.8. The topological polar surface area (TPSA) is 46.9 Å². The third-order valence-corrected chi connectivity index (χ3v) is 4.40. The molecule has 0 spiro atoms. The number of aryl methyl sites for hydroxylation is 1. The lowest BCUT2D eigenvalue weighted by atomic mass is 9.98. The number of alkyl halides is 3. The number of fused-ring (bicyclic) bond motifs is 1. The summed E-state index contributed by atoms with van der Waals surface area (Å²) in [4.78, 5) is 16.3. The molecule has 3 rings (SSSR count). The first-order valence-corrected chi connectivity index (χ1v) is 8.60. The summed E-state index contributed by atoms with van der Waals surface area (Å²) >= 11 is 0. The number of hydrogen-bond acceptors (Lipinski definition) is 2. The molecule has 3 aromatic rings. The average Bonchev–Trinajstić information content (AvgIpc) is 2.95. The number of para-hydroxylation sites is 3. The number of nitrogens with one attached hydrogen (secondary N) is 1. The van der Waals surface area contributed by atoms with E-state index in [4.69, 9.17) is 0 Å². The zero-order valence-corrected chi connectivity index (χ0v) is 15.3. The maximum Gasteiger partial charge on any atom is 0.449 e. The molecule has 0 aliphatic heterocycles. The van der Waals surface area contributed by atoms with E-state index >= 15 is 0 Å². The smallest absolute Gasteiger partial charge is 0.324 e. The molecule has 0 aliphatic rings. The summed E-state index contributed by atoms with van der Waals surface area (Å²) in [6.07, 6.45) is -4.65. The van der Waals surface area contributed by atoms with Gasteiger partial charge in [0.1, 0.15) is 6.54 Å². The number of hydrogen-bond donors (Lipinski definition) is 1. The van der Waals surface area contributed by atoms with Gasteiger partial charge in [0.15, 0.2) is 0 Å². The first kappa shape index (κ1) is 18.9. The minimum atomic E-state index is -4.65. The van der Waals surface area contributed by atoms with Crippen LogP contribution in [0.25, 0.3) is 11.0 Å². The Morgan fingerprint density at radius 2 is 1.85 bits per heavy atom. The van der Waals surface area contributed by atoms with Crippen LogP contribution in [0.15, 0.2) is 42.5 Å². The van der Waals surface area contributed by atoms with Crippen molar-refractivity contribution in [2.24, 2.45) is 0 Å². The number of amides is 1. The van der Waals surface area contributed by atoms with Crippen molar-refractivity contribution >= 4 is 22.6 Å². The van der Waals surface area contributed by atoms with Crippen LogP contribution in [0.5, 0.6) is 0 Å². The second-order valence-electron chi connectivity index (χ2n) is 6.75. The van der Waals surface area contributed by atoms with E-state index in [2.05, 4.69) is 10.3 Å². The van der Waals surface area contributed by atoms with Crippen molar-refractivity contribution in [2.75, 3.05) is 5.32 Å². The van der Waals surface area contributed by atoms with E-state index in [1.54, 1.807) is 12.1 Å². The minimum Gasteiger partial charge on any atom is -0.324 e. The van der Waals surface area contributed by atoms with Gasteiger partial charge in [-0.05, 0) is 36.1 Å². The van der Waals surface area contributed by atoms with Gasteiger partial charge in [-0.25, -0.2) is 4.98 Å². The molecule has 0 radical (unpaired) electrons. The predicted molar refractivity (Wildman–Crippen MR) is 98.6 cm³/mol. The molecule has 2 aromatic carbocycles. The zero-order valence-electron chi connectivity index (χ0n) is 15.3. The van der Waals surface area contributed by atoms with Crippen LogP contribution in [0.1, 0.15) is 36.7 Å². The van der Waals surface area contributed by atoms with Gasteiger partial charge < -0.3 is 9.88 Å². The molecule has 1 amide bonds. The van der Waals surface area contributed by atoms with Gasteiger partial charge in [0, 0.05) is 5.69 Å². The molecule has 27 heavy (non-hydrogen) atoms. The van der Waals surface area contributed by atoms with Gasteiger partial charge in [-0.1, -0.05) is 44.2 Å². The number of anilines is 1. The first-order valence-electron chi connectivity index (χ1n) is 8.60. The van der Waals surface area contributed by atoms with Gasteiger partial charge in [-0.2, -0.15) is 13.2 Å². The van der Waals surface area contributed by atoms with Crippen LogP contribution in [0.3, 0.4) is 0 Å². The molecule has 0 bridgehead atoms. The third kappa shape index (κ3) is 3.82. The SMILES string of the molecule is Cc1cccc(C(C)C)c1NC(=O)Cn1c(C(F)(F)F)nc2ccccc21. The number of aromatic nitrogens is 2. The molecular weight excluding hydrogens is 355 g/mol. The van der Waals surface area contributed by atoms with Crippen LogP contribution in [0, 0.1) is 6.92 Å². The number of rotatable bonds is 4. The van der Waals surface area contributed by atoms with E-state index in [0.29, 0.717) is 5.69 Å². The molecule has 0 saturated heterocycles. The molecule has 1 aromatic heterocycles. The van der Waals surface area contributed by atoms with Gasteiger partial charge >= 0.3 is 6.18 Å². The molecule has 1 N–H and O–H groups in total. The van der Waals surface area contributed by atoms with E-state index < -0.39 is 24.5 Å². The van der Waals surface area contributed by atoms with E-state index in [0.717, 1.165) is 15.7 Å². The summed E-state index contributed by atoms with van der Waals surface area (Å²) in [5, 5.41) is 2.79. The molecule has 1 heterocycles. The van der Waals surface area contributed by atoms with E-state index in [9.17, 15) is 18.0 Å². The van der Waals surface area contributed by atoms with Crippen LogP contribution < -0.4 is 5.32 Å². The highest BCUT2D eigenvalue weighted by molar-refractivity contribution is 5.93. The maximum atomic E-state index is 13.4. The second-order valence-corrected chi connectivity index (χ2v) is 6.75. The van der Waals surface area contributed by atoms with E-state index in [1.165, 1.54) is 12.1 Å². The van der Waals surface area contributed by atoms with Gasteiger partial charge in [0.05, 0.1) is 11.0 Å². The van der Waals surface area contributed by atoms with Crippen molar-refractivity contribution in [3.63, 3.8) is 0 Å². The molecular formula is C20H20F3N3O. The summed E-state index contributed by atoms with van der Waals surface area (Å²) in [7, 11) is 0. The van der Waals surface area contributed by atoms with Crippen LogP contribution in [-0.4, -0.2) is 15.5 Å². The molecule has 0 atom stereocenters. The monoisotopic (exact) mass is 375 g/mol. The van der Waals surface area contributed by atoms with Crippen LogP contribution in [0.4, 0.5) is 18.9 Å². The standard InChI is InChI=1S/C20H20F3N3O/c1-12(2)14-8-6-7-13(3)18(14)25-17(27)11-26-16-10-5-4-9-15(16)24-19(26)20(21,22)23/h4-10,12H,11H2,1-3H3,(H,25,27). The van der Waals surface area contributed by atoms with Crippen LogP contribution in [0.2, 0.25) is 0 Å². The Balaban J connectivity index is 1.96. The molecule has 142 valence electrons. The van der Waals surface area contributed by atoms with Gasteiger partial charge in [0.2, 0.25) is 11.7 Å². The lowest BCUT2D eigenvalue weighted by Gasteiger charge is -2.17. The van der Waals surface area contributed by atoms with Crippen molar-refractivity contribution in [1.29, 1.82) is 0 Å². The Hall–Kier alpha value is -2.83. The number of nitrogens with zero attached hydrogens (tertiary/aromatic N) is 2. The third-order valence-electron chi connectivity index (χ3n) is 4.40. The predicted octanol–water partition coefficient (Wildman–Crippen LogP) is 5.13. The maximum absolute atomic E-state index is 13.4. The Labute approximate surface area is 155 Å². The fourth-order valence-corrected chi connectivity index (χ4v) is 3.12. The normalized spacial score (nSPS) is 12.0. The summed E-state index contributed by atoms with van der Waals surface area (Å²) in [5.74, 6) is -1.44. The number of halogens is 3. The van der Waals surface area contributed by atoms with Gasteiger partial charge in [-0.15, -0.1) is 0 Å². The largest absolute Gasteiger partial charge is 0.449 e. The first-order chi connectivity index (χ1) is 12.7. The summed E-state index contributed by atoms with van der Waals surface area (Å²) < 4.78 is 41.1. The average molecular weight is 375 g/mol. The Morgan fingerprint density at radius 3 is 2.52 bits per heavy atom. The number of benzene rings is 2. The highest BCUT2D eigenvalue weighted by Gasteiger charge is 2.38. The van der Waals surface area contributed by atoms with Crippen molar-refractivity contribution in [3.8, 4) is 0 Å². The lowest BCUT2D eigenvalue weighted by molar-refractivity contribution is -0.147.